The lowest BCUT2D eigenvalue weighted by Crippen LogP contribution is -2.45. The van der Waals surface area contributed by atoms with Crippen molar-refractivity contribution in [2.45, 2.75) is 19.8 Å². The number of piperazine rings is 1. The summed E-state index contributed by atoms with van der Waals surface area (Å²) in [5.74, 6) is 0.198. The molecule has 2 saturated heterocycles. The van der Waals surface area contributed by atoms with E-state index in [4.69, 9.17) is 0 Å². The minimum atomic E-state index is -0.324. The minimum Gasteiger partial charge on any atom is -0.367 e. The fraction of sp³-hybridized carbons (Fsp3) is 0.611. The van der Waals surface area contributed by atoms with E-state index in [0.29, 0.717) is 11.6 Å². The Morgan fingerprint density at radius 1 is 1.21 bits per heavy atom. The molecule has 1 aromatic rings. The molecule has 132 valence electrons. The fourth-order valence-corrected chi connectivity index (χ4v) is 3.50. The number of carbonyl (C=O) groups excluding carboxylic acids is 1. The summed E-state index contributed by atoms with van der Waals surface area (Å²) < 4.78 is 13.7. The standard InChI is InChI=1S/C18H27FN4O/c1-14-4-3-7-23(13-14)18(24)20-16-12-15(19)5-6-17(16)22-10-8-21(2)9-11-22/h5-6,12,14H,3-4,7-11,13H2,1-2H3,(H,20,24)/t14-/m1/s1. The summed E-state index contributed by atoms with van der Waals surface area (Å²) in [6, 6.07) is 4.54. The van der Waals surface area contributed by atoms with Gasteiger partial charge in [0.05, 0.1) is 11.4 Å². The van der Waals surface area contributed by atoms with Gasteiger partial charge in [0.2, 0.25) is 0 Å². The summed E-state index contributed by atoms with van der Waals surface area (Å²) in [6.07, 6.45) is 2.19. The zero-order valence-corrected chi connectivity index (χ0v) is 14.6. The number of nitrogens with zero attached hydrogens (tertiary/aromatic N) is 3. The van der Waals surface area contributed by atoms with Gasteiger partial charge in [-0.25, -0.2) is 9.18 Å². The molecule has 0 aliphatic carbocycles. The van der Waals surface area contributed by atoms with Crippen LogP contribution < -0.4 is 10.2 Å². The first-order chi connectivity index (χ1) is 11.5. The SMILES string of the molecule is C[C@@H]1CCCN(C(=O)Nc2cc(F)ccc2N2CCN(C)CC2)C1. The molecule has 0 aromatic heterocycles. The van der Waals surface area contributed by atoms with E-state index < -0.39 is 0 Å². The molecular formula is C18H27FN4O. The highest BCUT2D eigenvalue weighted by Crippen LogP contribution is 2.28. The van der Waals surface area contributed by atoms with Crippen molar-refractivity contribution in [3.8, 4) is 0 Å². The number of anilines is 2. The summed E-state index contributed by atoms with van der Waals surface area (Å²) in [5.41, 5.74) is 1.48. The van der Waals surface area contributed by atoms with E-state index >= 15 is 0 Å². The molecule has 1 atom stereocenters. The zero-order valence-electron chi connectivity index (χ0n) is 14.6. The van der Waals surface area contributed by atoms with Crippen molar-refractivity contribution in [1.29, 1.82) is 0 Å². The number of hydrogen-bond acceptors (Lipinski definition) is 3. The van der Waals surface area contributed by atoms with Gasteiger partial charge in [0.15, 0.2) is 0 Å². The third kappa shape index (κ3) is 3.98. The highest BCUT2D eigenvalue weighted by atomic mass is 19.1. The van der Waals surface area contributed by atoms with Gasteiger partial charge in [0, 0.05) is 39.3 Å². The molecule has 2 amide bonds. The monoisotopic (exact) mass is 334 g/mol. The van der Waals surface area contributed by atoms with Crippen molar-refractivity contribution in [2.75, 3.05) is 56.5 Å². The van der Waals surface area contributed by atoms with Crippen LogP contribution in [0.2, 0.25) is 0 Å². The van der Waals surface area contributed by atoms with Gasteiger partial charge in [-0.2, -0.15) is 0 Å². The number of rotatable bonds is 2. The Labute approximate surface area is 143 Å². The first-order valence-corrected chi connectivity index (χ1v) is 8.82. The second kappa shape index (κ2) is 7.38. The summed E-state index contributed by atoms with van der Waals surface area (Å²) >= 11 is 0. The molecule has 0 radical (unpaired) electrons. The molecular weight excluding hydrogens is 307 g/mol. The molecule has 2 fully saturated rings. The van der Waals surface area contributed by atoms with Gasteiger partial charge in [-0.1, -0.05) is 6.92 Å². The lowest BCUT2D eigenvalue weighted by atomic mass is 10.0. The number of benzene rings is 1. The summed E-state index contributed by atoms with van der Waals surface area (Å²) in [4.78, 5) is 18.9. The Morgan fingerprint density at radius 2 is 1.96 bits per heavy atom. The number of urea groups is 1. The van der Waals surface area contributed by atoms with Gasteiger partial charge in [0.25, 0.3) is 0 Å². The van der Waals surface area contributed by atoms with Crippen LogP contribution >= 0.6 is 0 Å². The van der Waals surface area contributed by atoms with Crippen LogP contribution in [0.15, 0.2) is 18.2 Å². The normalized spacial score (nSPS) is 22.5. The first-order valence-electron chi connectivity index (χ1n) is 8.82. The van der Waals surface area contributed by atoms with Gasteiger partial charge in [-0.15, -0.1) is 0 Å². The van der Waals surface area contributed by atoms with Gasteiger partial charge in [0.1, 0.15) is 5.82 Å². The van der Waals surface area contributed by atoms with E-state index in [1.807, 2.05) is 4.90 Å². The van der Waals surface area contributed by atoms with Crippen molar-refractivity contribution in [3.05, 3.63) is 24.0 Å². The quantitative estimate of drug-likeness (QED) is 0.904. The lowest BCUT2D eigenvalue weighted by molar-refractivity contribution is 0.182. The summed E-state index contributed by atoms with van der Waals surface area (Å²) in [6.45, 7) is 7.40. The maximum Gasteiger partial charge on any atom is 0.321 e. The van der Waals surface area contributed by atoms with Gasteiger partial charge < -0.3 is 20.0 Å². The number of likely N-dealkylation sites (N-methyl/N-ethyl adjacent to an activating group) is 1. The van der Waals surface area contributed by atoms with Crippen molar-refractivity contribution >= 4 is 17.4 Å². The van der Waals surface area contributed by atoms with E-state index in [9.17, 15) is 9.18 Å². The molecule has 2 aliphatic rings. The molecule has 1 N–H and O–H groups in total. The van der Waals surface area contributed by atoms with E-state index in [1.54, 1.807) is 6.07 Å². The molecule has 2 heterocycles. The Morgan fingerprint density at radius 3 is 2.67 bits per heavy atom. The van der Waals surface area contributed by atoms with Crippen LogP contribution in [0.4, 0.5) is 20.6 Å². The summed E-state index contributed by atoms with van der Waals surface area (Å²) in [7, 11) is 2.10. The van der Waals surface area contributed by atoms with Crippen LogP contribution in [0, 0.1) is 11.7 Å². The Bertz CT molecular complexity index is 586. The number of piperidine rings is 1. The molecule has 1 aromatic carbocycles. The van der Waals surface area contributed by atoms with E-state index in [2.05, 4.69) is 29.1 Å². The molecule has 5 nitrogen and oxygen atoms in total. The topological polar surface area (TPSA) is 38.8 Å². The second-order valence-corrected chi connectivity index (χ2v) is 7.08. The van der Waals surface area contributed by atoms with Crippen molar-refractivity contribution in [3.63, 3.8) is 0 Å². The van der Waals surface area contributed by atoms with Crippen molar-refractivity contribution in [2.24, 2.45) is 5.92 Å². The molecule has 2 aliphatic heterocycles. The number of carbonyl (C=O) groups is 1. The molecule has 3 rings (SSSR count). The third-order valence-corrected chi connectivity index (χ3v) is 4.99. The van der Waals surface area contributed by atoms with E-state index in [1.165, 1.54) is 12.1 Å². The molecule has 0 unspecified atom stereocenters. The third-order valence-electron chi connectivity index (χ3n) is 4.99. The predicted octanol–water partition coefficient (Wildman–Crippen LogP) is 2.84. The number of amides is 2. The van der Waals surface area contributed by atoms with Gasteiger partial charge in [-0.3, -0.25) is 0 Å². The average molecular weight is 334 g/mol. The predicted molar refractivity (Wildman–Crippen MR) is 95.1 cm³/mol. The lowest BCUT2D eigenvalue weighted by Gasteiger charge is -2.36. The van der Waals surface area contributed by atoms with Crippen LogP contribution in [0.3, 0.4) is 0 Å². The second-order valence-electron chi connectivity index (χ2n) is 7.08. The maximum absolute atomic E-state index is 13.7. The van der Waals surface area contributed by atoms with E-state index in [-0.39, 0.29) is 11.8 Å². The summed E-state index contributed by atoms with van der Waals surface area (Å²) in [5, 5.41) is 2.94. The largest absolute Gasteiger partial charge is 0.367 e. The Kier molecular flexibility index (Phi) is 5.23. The van der Waals surface area contributed by atoms with Crippen LogP contribution in [0.25, 0.3) is 0 Å². The Hall–Kier alpha value is -1.82. The highest BCUT2D eigenvalue weighted by molar-refractivity contribution is 5.93. The van der Waals surface area contributed by atoms with Crippen molar-refractivity contribution in [1.82, 2.24) is 9.80 Å². The van der Waals surface area contributed by atoms with Crippen LogP contribution in [-0.2, 0) is 0 Å². The molecule has 24 heavy (non-hydrogen) atoms. The fourth-order valence-electron chi connectivity index (χ4n) is 3.50. The first kappa shape index (κ1) is 17.0. The van der Waals surface area contributed by atoms with Crippen LogP contribution in [0.5, 0.6) is 0 Å². The smallest absolute Gasteiger partial charge is 0.321 e. The average Bonchev–Trinajstić information content (AvgIpc) is 2.56. The maximum atomic E-state index is 13.7. The molecule has 0 spiro atoms. The van der Waals surface area contributed by atoms with Crippen molar-refractivity contribution < 1.29 is 9.18 Å². The number of nitrogens with one attached hydrogen (secondary N) is 1. The number of likely N-dealkylation sites (tertiary alicyclic amines) is 1. The molecule has 0 saturated carbocycles. The van der Waals surface area contributed by atoms with Gasteiger partial charge >= 0.3 is 6.03 Å². The molecule has 6 heteroatoms. The van der Waals surface area contributed by atoms with E-state index in [0.717, 1.165) is 57.8 Å². The minimum absolute atomic E-state index is 0.123. The number of halogens is 1. The van der Waals surface area contributed by atoms with Gasteiger partial charge in [-0.05, 0) is 44.0 Å². The van der Waals surface area contributed by atoms with Crippen LogP contribution in [0.1, 0.15) is 19.8 Å². The molecule has 0 bridgehead atoms. The Balaban J connectivity index is 1.74. The van der Waals surface area contributed by atoms with Crippen LogP contribution in [-0.4, -0.2) is 62.1 Å². The number of hydrogen-bond donors (Lipinski definition) is 1. The highest BCUT2D eigenvalue weighted by Gasteiger charge is 2.23. The zero-order chi connectivity index (χ0) is 17.1.